The van der Waals surface area contributed by atoms with Crippen molar-refractivity contribution >= 4 is 23.2 Å². The lowest BCUT2D eigenvalue weighted by Crippen LogP contribution is -1.90. The van der Waals surface area contributed by atoms with Crippen LogP contribution in [-0.4, -0.2) is 9.97 Å². The summed E-state index contributed by atoms with van der Waals surface area (Å²) in [6, 6.07) is 8.24. The van der Waals surface area contributed by atoms with Crippen molar-refractivity contribution in [2.45, 2.75) is 0 Å². The highest BCUT2D eigenvalue weighted by atomic mass is 35.5. The summed E-state index contributed by atoms with van der Waals surface area (Å²) in [6.07, 6.45) is 3.00. The van der Waals surface area contributed by atoms with E-state index in [-0.39, 0.29) is 10.3 Å². The minimum atomic E-state index is -0.929. The summed E-state index contributed by atoms with van der Waals surface area (Å²) in [5.74, 6) is -1.05. The average Bonchev–Trinajstić information content (AvgIpc) is 2.49. The molecule has 116 valence electrons. The van der Waals surface area contributed by atoms with Gasteiger partial charge in [-0.05, 0) is 23.8 Å². The van der Waals surface area contributed by atoms with Crippen molar-refractivity contribution in [3.8, 4) is 22.6 Å². The van der Waals surface area contributed by atoms with Crippen molar-refractivity contribution in [1.82, 2.24) is 9.97 Å². The molecule has 0 fully saturated rings. The molecule has 0 unspecified atom stereocenters. The second-order valence-corrected chi connectivity index (χ2v) is 5.36. The van der Waals surface area contributed by atoms with Crippen LogP contribution in [0.4, 0.5) is 8.78 Å². The first kappa shape index (κ1) is 15.6. The SMILES string of the molecule is Fc1ccc(-c2cncc(Oc3cc(Cl)nc(Cl)c3)c2)cc1F. The van der Waals surface area contributed by atoms with Gasteiger partial charge in [-0.25, -0.2) is 13.8 Å². The molecule has 23 heavy (non-hydrogen) atoms. The highest BCUT2D eigenvalue weighted by molar-refractivity contribution is 6.32. The van der Waals surface area contributed by atoms with Crippen LogP contribution in [0.15, 0.2) is 48.8 Å². The van der Waals surface area contributed by atoms with Gasteiger partial charge in [0, 0.05) is 23.9 Å². The Morgan fingerprint density at radius 3 is 2.22 bits per heavy atom. The van der Waals surface area contributed by atoms with E-state index in [4.69, 9.17) is 27.9 Å². The molecule has 0 atom stereocenters. The zero-order valence-electron chi connectivity index (χ0n) is 11.4. The summed E-state index contributed by atoms with van der Waals surface area (Å²) in [5.41, 5.74) is 1.06. The van der Waals surface area contributed by atoms with Crippen LogP contribution >= 0.6 is 23.2 Å². The van der Waals surface area contributed by atoms with Crippen molar-refractivity contribution in [2.75, 3.05) is 0 Å². The molecule has 0 saturated heterocycles. The van der Waals surface area contributed by atoms with E-state index in [0.717, 1.165) is 12.1 Å². The fourth-order valence-electron chi connectivity index (χ4n) is 1.95. The van der Waals surface area contributed by atoms with Gasteiger partial charge in [-0.1, -0.05) is 29.3 Å². The van der Waals surface area contributed by atoms with E-state index in [0.29, 0.717) is 22.6 Å². The molecule has 0 bridgehead atoms. The van der Waals surface area contributed by atoms with Gasteiger partial charge in [-0.2, -0.15) is 0 Å². The largest absolute Gasteiger partial charge is 0.456 e. The molecular weight excluding hydrogens is 345 g/mol. The summed E-state index contributed by atoms with van der Waals surface area (Å²) < 4.78 is 32.0. The van der Waals surface area contributed by atoms with Crippen LogP contribution in [0.2, 0.25) is 10.3 Å². The van der Waals surface area contributed by atoms with Crippen molar-refractivity contribution < 1.29 is 13.5 Å². The lowest BCUT2D eigenvalue weighted by Gasteiger charge is -2.08. The number of halogens is 4. The Balaban J connectivity index is 1.91. The Labute approximate surface area is 140 Å². The predicted octanol–water partition coefficient (Wildman–Crippen LogP) is 5.52. The van der Waals surface area contributed by atoms with E-state index in [2.05, 4.69) is 9.97 Å². The minimum Gasteiger partial charge on any atom is -0.456 e. The van der Waals surface area contributed by atoms with Crippen molar-refractivity contribution in [3.63, 3.8) is 0 Å². The van der Waals surface area contributed by atoms with Crippen LogP contribution in [0, 0.1) is 11.6 Å². The Bertz CT molecular complexity index is 854. The van der Waals surface area contributed by atoms with Crippen molar-refractivity contribution in [1.29, 1.82) is 0 Å². The Morgan fingerprint density at radius 2 is 1.52 bits per heavy atom. The maximum absolute atomic E-state index is 13.3. The second-order valence-electron chi connectivity index (χ2n) is 4.59. The first-order valence-corrected chi connectivity index (χ1v) is 7.18. The third-order valence-corrected chi connectivity index (χ3v) is 3.33. The maximum Gasteiger partial charge on any atom is 0.159 e. The molecule has 7 heteroatoms. The van der Waals surface area contributed by atoms with Gasteiger partial charge in [0.25, 0.3) is 0 Å². The fourth-order valence-corrected chi connectivity index (χ4v) is 2.39. The molecule has 3 aromatic rings. The summed E-state index contributed by atoms with van der Waals surface area (Å²) in [5, 5.41) is 0.384. The summed E-state index contributed by atoms with van der Waals surface area (Å²) >= 11 is 11.6. The number of rotatable bonds is 3. The molecular formula is C16H8Cl2F2N2O. The van der Waals surface area contributed by atoms with E-state index in [1.54, 1.807) is 6.07 Å². The number of aromatic nitrogens is 2. The number of ether oxygens (including phenoxy) is 1. The molecule has 0 aliphatic heterocycles. The van der Waals surface area contributed by atoms with E-state index >= 15 is 0 Å². The van der Waals surface area contributed by atoms with E-state index in [1.165, 1.54) is 30.6 Å². The van der Waals surface area contributed by atoms with Gasteiger partial charge in [0.15, 0.2) is 11.6 Å². The molecule has 0 amide bonds. The third kappa shape index (κ3) is 3.75. The number of nitrogens with zero attached hydrogens (tertiary/aromatic N) is 2. The molecule has 0 N–H and O–H groups in total. The first-order chi connectivity index (χ1) is 11.0. The number of hydrogen-bond donors (Lipinski definition) is 0. The molecule has 2 heterocycles. The number of pyridine rings is 2. The van der Waals surface area contributed by atoms with Gasteiger partial charge in [0.1, 0.15) is 21.8 Å². The van der Waals surface area contributed by atoms with E-state index in [9.17, 15) is 8.78 Å². The molecule has 3 rings (SSSR count). The molecule has 0 saturated carbocycles. The zero-order valence-corrected chi connectivity index (χ0v) is 12.9. The topological polar surface area (TPSA) is 35.0 Å². The Morgan fingerprint density at radius 1 is 0.783 bits per heavy atom. The summed E-state index contributed by atoms with van der Waals surface area (Å²) in [6.45, 7) is 0. The molecule has 2 aromatic heterocycles. The molecule has 1 aromatic carbocycles. The summed E-state index contributed by atoms with van der Waals surface area (Å²) in [4.78, 5) is 7.85. The molecule has 0 radical (unpaired) electrons. The Hall–Kier alpha value is -2.24. The molecule has 0 spiro atoms. The van der Waals surface area contributed by atoms with Gasteiger partial charge in [-0.3, -0.25) is 4.98 Å². The third-order valence-electron chi connectivity index (χ3n) is 2.94. The van der Waals surface area contributed by atoms with E-state index in [1.807, 2.05) is 0 Å². The molecule has 0 aliphatic carbocycles. The van der Waals surface area contributed by atoms with Crippen molar-refractivity contribution in [2.24, 2.45) is 0 Å². The fraction of sp³-hybridized carbons (Fsp3) is 0. The van der Waals surface area contributed by atoms with Crippen LogP contribution in [0.3, 0.4) is 0 Å². The Kier molecular flexibility index (Phi) is 4.41. The van der Waals surface area contributed by atoms with Gasteiger partial charge in [0.05, 0.1) is 6.20 Å². The molecule has 0 aliphatic rings. The normalized spacial score (nSPS) is 10.6. The van der Waals surface area contributed by atoms with Crippen LogP contribution in [0.5, 0.6) is 11.5 Å². The van der Waals surface area contributed by atoms with Crippen LogP contribution < -0.4 is 4.74 Å². The lowest BCUT2D eigenvalue weighted by molar-refractivity contribution is 0.480. The lowest BCUT2D eigenvalue weighted by atomic mass is 10.1. The average molecular weight is 353 g/mol. The van der Waals surface area contributed by atoms with Crippen molar-refractivity contribution in [3.05, 3.63) is 70.7 Å². The highest BCUT2D eigenvalue weighted by Gasteiger charge is 2.07. The van der Waals surface area contributed by atoms with Crippen LogP contribution in [0.1, 0.15) is 0 Å². The smallest absolute Gasteiger partial charge is 0.159 e. The standard InChI is InChI=1S/C16H8Cl2F2N2O/c17-15-5-11(6-16(18)22-15)23-12-3-10(7-21-8-12)9-1-2-13(19)14(20)4-9/h1-8H. The number of hydrogen-bond acceptors (Lipinski definition) is 3. The first-order valence-electron chi connectivity index (χ1n) is 6.43. The maximum atomic E-state index is 13.3. The summed E-state index contributed by atoms with van der Waals surface area (Å²) in [7, 11) is 0. The van der Waals surface area contributed by atoms with Gasteiger partial charge >= 0.3 is 0 Å². The van der Waals surface area contributed by atoms with Crippen LogP contribution in [0.25, 0.3) is 11.1 Å². The zero-order chi connectivity index (χ0) is 16.4. The van der Waals surface area contributed by atoms with E-state index < -0.39 is 11.6 Å². The minimum absolute atomic E-state index is 0.192. The monoisotopic (exact) mass is 352 g/mol. The quantitative estimate of drug-likeness (QED) is 0.582. The second kappa shape index (κ2) is 6.48. The van der Waals surface area contributed by atoms with Gasteiger partial charge in [-0.15, -0.1) is 0 Å². The number of benzene rings is 1. The van der Waals surface area contributed by atoms with Crippen LogP contribution in [-0.2, 0) is 0 Å². The predicted molar refractivity (Wildman–Crippen MR) is 83.9 cm³/mol. The highest BCUT2D eigenvalue weighted by Crippen LogP contribution is 2.29. The van der Waals surface area contributed by atoms with Gasteiger partial charge in [0.2, 0.25) is 0 Å². The van der Waals surface area contributed by atoms with Gasteiger partial charge < -0.3 is 4.74 Å². The molecule has 3 nitrogen and oxygen atoms in total.